The molecule has 20 heavy (non-hydrogen) atoms. The van der Waals surface area contributed by atoms with Gasteiger partial charge in [-0.3, -0.25) is 15.2 Å². The maximum atomic E-state index is 10.9. The van der Waals surface area contributed by atoms with Crippen molar-refractivity contribution < 1.29 is 4.92 Å². The van der Waals surface area contributed by atoms with Crippen molar-refractivity contribution in [3.05, 3.63) is 57.4 Å². The number of nitro groups is 1. The average Bonchev–Trinajstić information content (AvgIpc) is 2.97. The highest BCUT2D eigenvalue weighted by Crippen LogP contribution is 2.32. The molecule has 6 heteroatoms. The minimum absolute atomic E-state index is 0.166. The Labute approximate surface area is 116 Å². The number of benzene rings is 1. The number of aromatic amines is 1. The van der Waals surface area contributed by atoms with Crippen LogP contribution in [-0.2, 0) is 13.0 Å². The number of non-ortho nitro benzene ring substituents is 1. The summed E-state index contributed by atoms with van der Waals surface area (Å²) in [5, 5.41) is 21.2. The summed E-state index contributed by atoms with van der Waals surface area (Å²) >= 11 is 0. The number of aryl methyl sites for hydroxylation is 1. The topological polar surface area (TPSA) is 83.8 Å². The predicted octanol–water partition coefficient (Wildman–Crippen LogP) is 2.49. The number of nitro benzene ring substituents is 1. The fourth-order valence-electron chi connectivity index (χ4n) is 2.73. The van der Waals surface area contributed by atoms with Crippen LogP contribution in [0.4, 0.5) is 5.69 Å². The number of nitrogens with one attached hydrogen (secondary N) is 2. The minimum Gasteiger partial charge on any atom is -0.304 e. The van der Waals surface area contributed by atoms with Crippen molar-refractivity contribution >= 4 is 5.69 Å². The minimum atomic E-state index is -0.333. The van der Waals surface area contributed by atoms with Crippen LogP contribution >= 0.6 is 0 Å². The molecule has 0 saturated carbocycles. The number of H-pyrrole nitrogens is 1. The van der Waals surface area contributed by atoms with E-state index in [2.05, 4.69) is 15.5 Å². The Morgan fingerprint density at radius 3 is 3.10 bits per heavy atom. The van der Waals surface area contributed by atoms with Crippen molar-refractivity contribution in [3.63, 3.8) is 0 Å². The zero-order valence-corrected chi connectivity index (χ0v) is 11.0. The second-order valence-corrected chi connectivity index (χ2v) is 5.05. The van der Waals surface area contributed by atoms with Crippen molar-refractivity contribution in [1.29, 1.82) is 0 Å². The first-order chi connectivity index (χ1) is 9.74. The van der Waals surface area contributed by atoms with Crippen LogP contribution in [-0.4, -0.2) is 15.1 Å². The molecule has 3 rings (SSSR count). The van der Waals surface area contributed by atoms with E-state index >= 15 is 0 Å². The van der Waals surface area contributed by atoms with E-state index in [0.29, 0.717) is 6.54 Å². The molecule has 0 fully saturated rings. The van der Waals surface area contributed by atoms with Crippen LogP contribution in [0.2, 0.25) is 0 Å². The molecule has 6 nitrogen and oxygen atoms in total. The van der Waals surface area contributed by atoms with Gasteiger partial charge in [-0.05, 0) is 36.5 Å². The third kappa shape index (κ3) is 2.55. The lowest BCUT2D eigenvalue weighted by molar-refractivity contribution is -0.385. The number of rotatable bonds is 4. The molecule has 1 heterocycles. The Bertz CT molecular complexity index is 610. The van der Waals surface area contributed by atoms with Crippen LogP contribution in [0.3, 0.4) is 0 Å². The van der Waals surface area contributed by atoms with Gasteiger partial charge < -0.3 is 5.32 Å². The van der Waals surface area contributed by atoms with E-state index in [-0.39, 0.29) is 16.7 Å². The third-order valence-electron chi connectivity index (χ3n) is 3.75. The van der Waals surface area contributed by atoms with Gasteiger partial charge >= 0.3 is 0 Å². The van der Waals surface area contributed by atoms with Crippen molar-refractivity contribution in [2.45, 2.75) is 31.8 Å². The van der Waals surface area contributed by atoms with Crippen molar-refractivity contribution in [2.24, 2.45) is 0 Å². The SMILES string of the molecule is O=[N+]([O-])c1ccc2c(c1)C(NCc1ccn[nH]1)CCC2. The first-order valence-electron chi connectivity index (χ1n) is 6.73. The molecule has 0 radical (unpaired) electrons. The fourth-order valence-corrected chi connectivity index (χ4v) is 2.73. The van der Waals surface area contributed by atoms with E-state index in [1.165, 1.54) is 5.56 Å². The van der Waals surface area contributed by atoms with Gasteiger partial charge in [-0.1, -0.05) is 6.07 Å². The molecule has 1 atom stereocenters. The van der Waals surface area contributed by atoms with Gasteiger partial charge in [0.05, 0.1) is 4.92 Å². The van der Waals surface area contributed by atoms with E-state index in [1.807, 2.05) is 12.1 Å². The van der Waals surface area contributed by atoms with Gasteiger partial charge in [-0.25, -0.2) is 0 Å². The molecule has 2 N–H and O–H groups in total. The normalized spacial score (nSPS) is 17.7. The number of nitrogens with zero attached hydrogens (tertiary/aromatic N) is 2. The molecule has 0 saturated heterocycles. The lowest BCUT2D eigenvalue weighted by Gasteiger charge is -2.26. The molecular weight excluding hydrogens is 256 g/mol. The second kappa shape index (κ2) is 5.42. The van der Waals surface area contributed by atoms with Gasteiger partial charge in [0.15, 0.2) is 0 Å². The van der Waals surface area contributed by atoms with E-state index < -0.39 is 0 Å². The van der Waals surface area contributed by atoms with Crippen LogP contribution in [0.15, 0.2) is 30.5 Å². The van der Waals surface area contributed by atoms with E-state index in [0.717, 1.165) is 30.5 Å². The Balaban J connectivity index is 1.80. The lowest BCUT2D eigenvalue weighted by atomic mass is 9.87. The summed E-state index contributed by atoms with van der Waals surface area (Å²) in [6.07, 6.45) is 4.82. The fraction of sp³-hybridized carbons (Fsp3) is 0.357. The lowest BCUT2D eigenvalue weighted by Crippen LogP contribution is -2.25. The first-order valence-corrected chi connectivity index (χ1v) is 6.73. The Morgan fingerprint density at radius 1 is 1.45 bits per heavy atom. The van der Waals surface area contributed by atoms with Gasteiger partial charge in [0.2, 0.25) is 0 Å². The summed E-state index contributed by atoms with van der Waals surface area (Å²) < 4.78 is 0. The van der Waals surface area contributed by atoms with Gasteiger partial charge in [0.1, 0.15) is 0 Å². The predicted molar refractivity (Wildman–Crippen MR) is 74.2 cm³/mol. The molecule has 1 unspecified atom stereocenters. The highest BCUT2D eigenvalue weighted by Gasteiger charge is 2.22. The smallest absolute Gasteiger partial charge is 0.269 e. The van der Waals surface area contributed by atoms with Gasteiger partial charge in [0, 0.05) is 36.6 Å². The highest BCUT2D eigenvalue weighted by molar-refractivity contribution is 5.42. The zero-order chi connectivity index (χ0) is 13.9. The third-order valence-corrected chi connectivity index (χ3v) is 3.75. The molecule has 1 aliphatic rings. The summed E-state index contributed by atoms with van der Waals surface area (Å²) in [5.41, 5.74) is 3.45. The molecule has 1 aromatic carbocycles. The van der Waals surface area contributed by atoms with Crippen molar-refractivity contribution in [1.82, 2.24) is 15.5 Å². The summed E-state index contributed by atoms with van der Waals surface area (Å²) in [7, 11) is 0. The maximum Gasteiger partial charge on any atom is 0.269 e. The zero-order valence-electron chi connectivity index (χ0n) is 11.0. The highest BCUT2D eigenvalue weighted by atomic mass is 16.6. The molecular formula is C14H16N4O2. The number of hydrogen-bond acceptors (Lipinski definition) is 4. The summed E-state index contributed by atoms with van der Waals surface area (Å²) in [6.45, 7) is 0.687. The van der Waals surface area contributed by atoms with Gasteiger partial charge in [0.25, 0.3) is 5.69 Å². The summed E-state index contributed by atoms with van der Waals surface area (Å²) in [4.78, 5) is 10.6. The van der Waals surface area contributed by atoms with Crippen LogP contribution in [0.5, 0.6) is 0 Å². The molecule has 0 bridgehead atoms. The maximum absolute atomic E-state index is 10.9. The van der Waals surface area contributed by atoms with Crippen LogP contribution in [0, 0.1) is 10.1 Å². The number of aromatic nitrogens is 2. The number of fused-ring (bicyclic) bond motifs is 1. The molecule has 1 aliphatic carbocycles. The van der Waals surface area contributed by atoms with Gasteiger partial charge in [-0.2, -0.15) is 5.10 Å². The first kappa shape index (κ1) is 12.8. The molecule has 0 spiro atoms. The summed E-state index contributed by atoms with van der Waals surface area (Å²) in [6, 6.07) is 7.28. The Kier molecular flexibility index (Phi) is 3.47. The molecule has 2 aromatic rings. The monoisotopic (exact) mass is 272 g/mol. The number of hydrogen-bond donors (Lipinski definition) is 2. The molecule has 0 aliphatic heterocycles. The van der Waals surface area contributed by atoms with E-state index in [4.69, 9.17) is 0 Å². The van der Waals surface area contributed by atoms with Crippen LogP contribution in [0.1, 0.15) is 35.7 Å². The molecule has 1 aromatic heterocycles. The van der Waals surface area contributed by atoms with Crippen molar-refractivity contribution in [2.75, 3.05) is 0 Å². The van der Waals surface area contributed by atoms with E-state index in [9.17, 15) is 10.1 Å². The Morgan fingerprint density at radius 2 is 2.35 bits per heavy atom. The van der Waals surface area contributed by atoms with Crippen LogP contribution < -0.4 is 5.32 Å². The second-order valence-electron chi connectivity index (χ2n) is 5.05. The van der Waals surface area contributed by atoms with Crippen molar-refractivity contribution in [3.8, 4) is 0 Å². The van der Waals surface area contributed by atoms with E-state index in [1.54, 1.807) is 18.3 Å². The average molecular weight is 272 g/mol. The summed E-state index contributed by atoms with van der Waals surface area (Å²) in [5.74, 6) is 0. The standard InChI is InChI=1S/C14H16N4O2/c19-18(20)12-5-4-10-2-1-3-14(13(10)8-12)15-9-11-6-7-16-17-11/h4-8,14-15H,1-3,9H2,(H,16,17). The largest absolute Gasteiger partial charge is 0.304 e. The Hall–Kier alpha value is -2.21. The van der Waals surface area contributed by atoms with Gasteiger partial charge in [-0.15, -0.1) is 0 Å². The molecule has 0 amide bonds. The molecule has 104 valence electrons. The quantitative estimate of drug-likeness (QED) is 0.661. The van der Waals surface area contributed by atoms with Crippen LogP contribution in [0.25, 0.3) is 0 Å².